The zero-order chi connectivity index (χ0) is 15.2. The molecule has 0 aliphatic carbocycles. The lowest BCUT2D eigenvalue weighted by Gasteiger charge is -2.18. The molecule has 1 aromatic carbocycles. The van der Waals surface area contributed by atoms with Crippen molar-refractivity contribution in [2.75, 3.05) is 13.3 Å². The predicted molar refractivity (Wildman–Crippen MR) is 90.3 cm³/mol. The number of hydrogen-bond donors (Lipinski definition) is 2. The molecule has 6 heteroatoms. The van der Waals surface area contributed by atoms with E-state index in [1.807, 2.05) is 12.1 Å². The molecular formula is C14H24N2O2SSi. The quantitative estimate of drug-likeness (QED) is 0.153. The second-order valence-electron chi connectivity index (χ2n) is 5.94. The van der Waals surface area contributed by atoms with Crippen molar-refractivity contribution in [3.8, 4) is 5.75 Å². The Kier molecular flexibility index (Phi) is 6.61. The zero-order valence-corrected chi connectivity index (χ0v) is 14.3. The standard InChI is InChI=1S/C14H24N2O2SSi/c1-12-5-6-14(18-19)9-13(12)10-16(15)11-17-7-8-20(2,3)4/h5-6,9-10,19H,1,7-8,11,15H2,2-4H3/b13-10-. The van der Waals surface area contributed by atoms with Gasteiger partial charge in [0.1, 0.15) is 12.5 Å². The molecule has 1 aromatic rings. The highest BCUT2D eigenvalue weighted by Gasteiger charge is 2.11. The van der Waals surface area contributed by atoms with Gasteiger partial charge in [0.2, 0.25) is 0 Å². The van der Waals surface area contributed by atoms with Gasteiger partial charge in [-0.3, -0.25) is 5.01 Å². The van der Waals surface area contributed by atoms with Crippen LogP contribution in [0.4, 0.5) is 0 Å². The number of benzene rings is 1. The number of rotatable bonds is 7. The third kappa shape index (κ3) is 6.47. The number of ether oxygens (including phenoxy) is 1. The van der Waals surface area contributed by atoms with Gasteiger partial charge >= 0.3 is 0 Å². The molecule has 4 nitrogen and oxygen atoms in total. The summed E-state index contributed by atoms with van der Waals surface area (Å²) in [6.07, 6.45) is 1.78. The summed E-state index contributed by atoms with van der Waals surface area (Å²) in [5.41, 5.74) is 0. The van der Waals surface area contributed by atoms with Crippen LogP contribution in [0.25, 0.3) is 12.8 Å². The van der Waals surface area contributed by atoms with Crippen LogP contribution in [-0.2, 0) is 4.74 Å². The van der Waals surface area contributed by atoms with E-state index in [2.05, 4.69) is 39.1 Å². The van der Waals surface area contributed by atoms with Crippen LogP contribution in [0.3, 0.4) is 0 Å². The van der Waals surface area contributed by atoms with Gasteiger partial charge in [-0.1, -0.05) is 32.3 Å². The van der Waals surface area contributed by atoms with Crippen LogP contribution in [0.15, 0.2) is 18.2 Å². The van der Waals surface area contributed by atoms with Crippen molar-refractivity contribution in [1.82, 2.24) is 5.01 Å². The largest absolute Gasteiger partial charge is 0.429 e. The minimum Gasteiger partial charge on any atom is -0.429 e. The molecular weight excluding hydrogens is 288 g/mol. The van der Waals surface area contributed by atoms with Crippen LogP contribution in [0.1, 0.15) is 0 Å². The monoisotopic (exact) mass is 312 g/mol. The van der Waals surface area contributed by atoms with Gasteiger partial charge in [-0.05, 0) is 23.4 Å². The van der Waals surface area contributed by atoms with Crippen LogP contribution in [0, 0.1) is 0 Å². The number of nitrogens with zero attached hydrogens (tertiary/aromatic N) is 1. The Labute approximate surface area is 127 Å². The van der Waals surface area contributed by atoms with E-state index in [4.69, 9.17) is 14.8 Å². The Hall–Kier alpha value is -0.953. The zero-order valence-electron chi connectivity index (χ0n) is 12.4. The normalized spacial score (nSPS) is 12.6. The summed E-state index contributed by atoms with van der Waals surface area (Å²) < 4.78 is 10.5. The van der Waals surface area contributed by atoms with Gasteiger partial charge in [-0.25, -0.2) is 5.84 Å². The minimum absolute atomic E-state index is 0.357. The third-order valence-electron chi connectivity index (χ3n) is 2.76. The van der Waals surface area contributed by atoms with Crippen LogP contribution in [0.2, 0.25) is 25.7 Å². The molecule has 0 aliphatic rings. The van der Waals surface area contributed by atoms with E-state index < -0.39 is 8.07 Å². The van der Waals surface area contributed by atoms with Crippen molar-refractivity contribution >= 4 is 33.8 Å². The Balaban J connectivity index is 2.58. The lowest BCUT2D eigenvalue weighted by molar-refractivity contribution is 0.0711. The molecule has 0 aromatic heterocycles. The summed E-state index contributed by atoms with van der Waals surface area (Å²) in [7, 11) is -1.05. The van der Waals surface area contributed by atoms with Crippen molar-refractivity contribution in [3.05, 3.63) is 28.6 Å². The fourth-order valence-electron chi connectivity index (χ4n) is 1.51. The average Bonchev–Trinajstić information content (AvgIpc) is 2.36. The maximum absolute atomic E-state index is 5.89. The van der Waals surface area contributed by atoms with Gasteiger partial charge in [0.25, 0.3) is 0 Å². The first-order valence-corrected chi connectivity index (χ1v) is 10.6. The summed E-state index contributed by atoms with van der Waals surface area (Å²) in [6, 6.07) is 6.62. The van der Waals surface area contributed by atoms with Crippen molar-refractivity contribution < 1.29 is 8.92 Å². The number of hydrogen-bond acceptors (Lipinski definition) is 5. The van der Waals surface area contributed by atoms with Crippen molar-refractivity contribution in [1.29, 1.82) is 0 Å². The Morgan fingerprint density at radius 2 is 2.10 bits per heavy atom. The fourth-order valence-corrected chi connectivity index (χ4v) is 2.38. The van der Waals surface area contributed by atoms with Gasteiger partial charge < -0.3 is 8.92 Å². The number of hydrazine groups is 1. The summed E-state index contributed by atoms with van der Waals surface area (Å²) >= 11 is 3.78. The average molecular weight is 313 g/mol. The second kappa shape index (κ2) is 7.73. The SMILES string of the molecule is C=c1ccc(OS)c/c1=C/N(N)COCC[Si](C)(C)C. The van der Waals surface area contributed by atoms with Crippen LogP contribution in [0.5, 0.6) is 5.75 Å². The molecule has 1 rings (SSSR count). The Bertz CT molecular complexity index is 531. The van der Waals surface area contributed by atoms with E-state index in [9.17, 15) is 0 Å². The molecule has 0 unspecified atom stereocenters. The first-order chi connectivity index (χ1) is 9.31. The number of thiol groups is 1. The molecule has 0 atom stereocenters. The van der Waals surface area contributed by atoms with Crippen molar-refractivity contribution in [2.45, 2.75) is 25.7 Å². The van der Waals surface area contributed by atoms with Gasteiger partial charge in [0.05, 0.1) is 0 Å². The molecule has 0 saturated carbocycles. The summed E-state index contributed by atoms with van der Waals surface area (Å²) in [5.74, 6) is 6.55. The highest BCUT2D eigenvalue weighted by Crippen LogP contribution is 2.07. The Morgan fingerprint density at radius 1 is 1.40 bits per heavy atom. The van der Waals surface area contributed by atoms with Crippen LogP contribution >= 0.6 is 12.9 Å². The highest BCUT2D eigenvalue weighted by atomic mass is 32.1. The molecule has 0 fully saturated rings. The van der Waals surface area contributed by atoms with Crippen molar-refractivity contribution in [2.24, 2.45) is 5.84 Å². The van der Waals surface area contributed by atoms with Gasteiger partial charge in [0, 0.05) is 39.0 Å². The summed E-state index contributed by atoms with van der Waals surface area (Å²) in [5, 5.41) is 3.26. The molecule has 0 aliphatic heterocycles. The molecule has 20 heavy (non-hydrogen) atoms. The van der Waals surface area contributed by atoms with E-state index in [1.165, 1.54) is 5.01 Å². The van der Waals surface area contributed by atoms with E-state index in [1.54, 1.807) is 12.3 Å². The van der Waals surface area contributed by atoms with E-state index in [0.29, 0.717) is 12.5 Å². The molecule has 2 N–H and O–H groups in total. The maximum Gasteiger partial charge on any atom is 0.137 e. The molecule has 112 valence electrons. The third-order valence-corrected chi connectivity index (χ3v) is 4.68. The molecule has 0 heterocycles. The second-order valence-corrected chi connectivity index (χ2v) is 11.7. The molecule has 0 spiro atoms. The first kappa shape index (κ1) is 17.1. The summed E-state index contributed by atoms with van der Waals surface area (Å²) in [6.45, 7) is 12.0. The molecule has 0 radical (unpaired) electrons. The molecule has 0 amide bonds. The van der Waals surface area contributed by atoms with Crippen LogP contribution in [-0.4, -0.2) is 26.4 Å². The predicted octanol–water partition coefficient (Wildman–Crippen LogP) is 1.55. The minimum atomic E-state index is -1.05. The van der Waals surface area contributed by atoms with Gasteiger partial charge in [-0.2, -0.15) is 0 Å². The smallest absolute Gasteiger partial charge is 0.137 e. The fraction of sp³-hybridized carbons (Fsp3) is 0.429. The van der Waals surface area contributed by atoms with Gasteiger partial charge in [0.15, 0.2) is 0 Å². The lowest BCUT2D eigenvalue weighted by atomic mass is 10.2. The van der Waals surface area contributed by atoms with E-state index >= 15 is 0 Å². The molecule has 0 bridgehead atoms. The number of nitrogens with two attached hydrogens (primary N) is 1. The van der Waals surface area contributed by atoms with Crippen LogP contribution < -0.4 is 20.5 Å². The van der Waals surface area contributed by atoms with Gasteiger partial charge in [-0.15, -0.1) is 0 Å². The van der Waals surface area contributed by atoms with Crippen molar-refractivity contribution in [3.63, 3.8) is 0 Å². The van der Waals surface area contributed by atoms with E-state index in [-0.39, 0.29) is 0 Å². The summed E-state index contributed by atoms with van der Waals surface area (Å²) in [4.78, 5) is 0. The molecule has 0 saturated heterocycles. The first-order valence-electron chi connectivity index (χ1n) is 6.53. The Morgan fingerprint density at radius 3 is 2.70 bits per heavy atom. The maximum atomic E-state index is 5.89. The highest BCUT2D eigenvalue weighted by molar-refractivity contribution is 7.75. The van der Waals surface area contributed by atoms with E-state index in [0.717, 1.165) is 23.1 Å². The topological polar surface area (TPSA) is 47.7 Å². The lowest BCUT2D eigenvalue weighted by Crippen LogP contribution is -2.34.